The number of amides is 1. The van der Waals surface area contributed by atoms with Gasteiger partial charge >= 0.3 is 5.97 Å². The van der Waals surface area contributed by atoms with Gasteiger partial charge in [-0.05, 0) is 36.8 Å². The first-order valence-corrected chi connectivity index (χ1v) is 8.32. The van der Waals surface area contributed by atoms with Crippen LogP contribution in [-0.4, -0.2) is 33.2 Å². The van der Waals surface area contributed by atoms with Crippen molar-refractivity contribution < 1.29 is 28.2 Å². The summed E-state index contributed by atoms with van der Waals surface area (Å²) in [5.41, 5.74) is 1.01. The molecule has 0 unspecified atom stereocenters. The number of hydrogen-bond acceptors (Lipinski definition) is 6. The van der Waals surface area contributed by atoms with Crippen LogP contribution in [0, 0.1) is 6.92 Å². The van der Waals surface area contributed by atoms with E-state index in [0.717, 1.165) is 0 Å². The van der Waals surface area contributed by atoms with Crippen molar-refractivity contribution in [1.82, 2.24) is 5.32 Å². The van der Waals surface area contributed by atoms with Gasteiger partial charge in [-0.3, -0.25) is 4.79 Å². The van der Waals surface area contributed by atoms with Gasteiger partial charge in [-0.2, -0.15) is 0 Å². The Kier molecular flexibility index (Phi) is 6.90. The second-order valence-corrected chi connectivity index (χ2v) is 5.87. The van der Waals surface area contributed by atoms with Crippen LogP contribution in [0.1, 0.15) is 27.4 Å². The third-order valence-electron chi connectivity index (χ3n) is 3.69. The maximum atomic E-state index is 12.0. The van der Waals surface area contributed by atoms with Gasteiger partial charge in [0.1, 0.15) is 17.1 Å². The van der Waals surface area contributed by atoms with Gasteiger partial charge in [0.15, 0.2) is 11.5 Å². The van der Waals surface area contributed by atoms with Crippen LogP contribution in [0.4, 0.5) is 0 Å². The number of aryl methyl sites for hydroxylation is 1. The second kappa shape index (κ2) is 9.14. The van der Waals surface area contributed by atoms with Crippen molar-refractivity contribution in [1.29, 1.82) is 0 Å². The summed E-state index contributed by atoms with van der Waals surface area (Å²) in [5.74, 6) is 0.945. The number of carbonyl (C=O) groups is 2. The molecule has 1 aromatic heterocycles. The molecule has 0 aliphatic rings. The number of benzene rings is 1. The average molecular weight is 394 g/mol. The fraction of sp³-hybridized carbons (Fsp3) is 0.263. The van der Waals surface area contributed by atoms with Gasteiger partial charge in [0.2, 0.25) is 5.91 Å². The Morgan fingerprint density at radius 3 is 2.56 bits per heavy atom. The number of esters is 1. The number of methoxy groups -OCH3 is 3. The van der Waals surface area contributed by atoms with Crippen LogP contribution in [-0.2, 0) is 16.1 Å². The Morgan fingerprint density at radius 2 is 1.93 bits per heavy atom. The number of ether oxygens (including phenoxy) is 3. The highest BCUT2D eigenvalue weighted by molar-refractivity contribution is 6.32. The molecule has 27 heavy (non-hydrogen) atoms. The first-order chi connectivity index (χ1) is 12.9. The molecule has 0 aliphatic carbocycles. The maximum absolute atomic E-state index is 12.0. The summed E-state index contributed by atoms with van der Waals surface area (Å²) in [4.78, 5) is 23.6. The third-order valence-corrected chi connectivity index (χ3v) is 3.97. The van der Waals surface area contributed by atoms with E-state index in [0.29, 0.717) is 39.2 Å². The second-order valence-electron chi connectivity index (χ2n) is 5.46. The Morgan fingerprint density at radius 1 is 1.19 bits per heavy atom. The largest absolute Gasteiger partial charge is 0.493 e. The predicted octanol–water partition coefficient (Wildman–Crippen LogP) is 3.37. The number of carbonyl (C=O) groups excluding carboxylic acids is 2. The van der Waals surface area contributed by atoms with E-state index in [1.54, 1.807) is 31.2 Å². The molecule has 2 rings (SSSR count). The molecular formula is C19H20ClNO6. The molecule has 144 valence electrons. The quantitative estimate of drug-likeness (QED) is 0.573. The monoisotopic (exact) mass is 393 g/mol. The zero-order valence-electron chi connectivity index (χ0n) is 15.4. The van der Waals surface area contributed by atoms with Crippen molar-refractivity contribution in [2.24, 2.45) is 0 Å². The van der Waals surface area contributed by atoms with Crippen molar-refractivity contribution in [3.05, 3.63) is 51.9 Å². The Bertz CT molecular complexity index is 871. The number of halogens is 1. The molecule has 0 fully saturated rings. The van der Waals surface area contributed by atoms with Crippen molar-refractivity contribution in [3.63, 3.8) is 0 Å². The molecular weight excluding hydrogens is 374 g/mol. The van der Waals surface area contributed by atoms with E-state index in [9.17, 15) is 9.59 Å². The van der Waals surface area contributed by atoms with Crippen LogP contribution >= 0.6 is 11.6 Å². The van der Waals surface area contributed by atoms with E-state index in [2.05, 4.69) is 10.1 Å². The SMILES string of the molecule is COC(=O)c1cc(CNC(=O)C=Cc2cc(Cl)c(OC)c(OC)c2)oc1C. The summed E-state index contributed by atoms with van der Waals surface area (Å²) in [5, 5.41) is 3.05. The smallest absolute Gasteiger partial charge is 0.341 e. The first-order valence-electron chi connectivity index (χ1n) is 7.94. The number of nitrogens with one attached hydrogen (secondary N) is 1. The lowest BCUT2D eigenvalue weighted by Crippen LogP contribution is -2.19. The number of hydrogen-bond donors (Lipinski definition) is 1. The molecule has 7 nitrogen and oxygen atoms in total. The summed E-state index contributed by atoms with van der Waals surface area (Å²) >= 11 is 6.13. The molecule has 8 heteroatoms. The minimum atomic E-state index is -0.487. The molecule has 0 atom stereocenters. The molecule has 1 aromatic carbocycles. The van der Waals surface area contributed by atoms with Crippen molar-refractivity contribution in [2.45, 2.75) is 13.5 Å². The molecule has 0 aliphatic heterocycles. The van der Waals surface area contributed by atoms with Crippen molar-refractivity contribution >= 4 is 29.6 Å². The Balaban J connectivity index is 2.02. The minimum Gasteiger partial charge on any atom is -0.493 e. The highest BCUT2D eigenvalue weighted by Gasteiger charge is 2.15. The van der Waals surface area contributed by atoms with Gasteiger partial charge in [0.25, 0.3) is 0 Å². The highest BCUT2D eigenvalue weighted by Crippen LogP contribution is 2.36. The lowest BCUT2D eigenvalue weighted by Gasteiger charge is -2.10. The predicted molar refractivity (Wildman–Crippen MR) is 100 cm³/mol. The van der Waals surface area contributed by atoms with Gasteiger partial charge in [-0.15, -0.1) is 0 Å². The highest BCUT2D eigenvalue weighted by atomic mass is 35.5. The van der Waals surface area contributed by atoms with E-state index >= 15 is 0 Å². The zero-order chi connectivity index (χ0) is 20.0. The lowest BCUT2D eigenvalue weighted by molar-refractivity contribution is -0.116. The van der Waals surface area contributed by atoms with Gasteiger partial charge < -0.3 is 23.9 Å². The molecule has 2 aromatic rings. The van der Waals surface area contributed by atoms with E-state index in [-0.39, 0.29) is 12.5 Å². The van der Waals surface area contributed by atoms with E-state index in [1.165, 1.54) is 27.4 Å². The van der Waals surface area contributed by atoms with Crippen LogP contribution in [0.25, 0.3) is 6.08 Å². The topological polar surface area (TPSA) is 87.0 Å². The molecule has 1 amide bonds. The standard InChI is InChI=1S/C19H20ClNO6/c1-11-14(19(23)26-4)9-13(27-11)10-21-17(22)6-5-12-7-15(20)18(25-3)16(8-12)24-2/h5-9H,10H2,1-4H3,(H,21,22). The van der Waals surface area contributed by atoms with Gasteiger partial charge in [0, 0.05) is 6.08 Å². The summed E-state index contributed by atoms with van der Waals surface area (Å²) in [6.07, 6.45) is 2.95. The molecule has 0 spiro atoms. The van der Waals surface area contributed by atoms with Crippen LogP contribution < -0.4 is 14.8 Å². The maximum Gasteiger partial charge on any atom is 0.341 e. The van der Waals surface area contributed by atoms with E-state index in [4.69, 9.17) is 25.5 Å². The van der Waals surface area contributed by atoms with Crippen LogP contribution in [0.5, 0.6) is 11.5 Å². The summed E-state index contributed by atoms with van der Waals surface area (Å²) in [6, 6.07) is 4.90. The van der Waals surface area contributed by atoms with Crippen LogP contribution in [0.3, 0.4) is 0 Å². The molecule has 0 bridgehead atoms. The van der Waals surface area contributed by atoms with E-state index < -0.39 is 5.97 Å². The summed E-state index contributed by atoms with van der Waals surface area (Å²) in [6.45, 7) is 1.78. The normalized spacial score (nSPS) is 10.7. The first kappa shape index (κ1) is 20.4. The molecule has 0 saturated carbocycles. The fourth-order valence-electron chi connectivity index (χ4n) is 2.38. The van der Waals surface area contributed by atoms with Crippen LogP contribution in [0.2, 0.25) is 5.02 Å². The average Bonchev–Trinajstić information content (AvgIpc) is 3.04. The lowest BCUT2D eigenvalue weighted by atomic mass is 10.2. The van der Waals surface area contributed by atoms with Crippen molar-refractivity contribution in [3.8, 4) is 11.5 Å². The number of rotatable bonds is 7. The zero-order valence-corrected chi connectivity index (χ0v) is 16.2. The van der Waals surface area contributed by atoms with Gasteiger partial charge in [0.05, 0.1) is 32.9 Å². The Hall–Kier alpha value is -2.93. The third kappa shape index (κ3) is 5.04. The van der Waals surface area contributed by atoms with Gasteiger partial charge in [-0.25, -0.2) is 4.79 Å². The minimum absolute atomic E-state index is 0.133. The molecule has 0 saturated heterocycles. The number of furan rings is 1. The summed E-state index contributed by atoms with van der Waals surface area (Å²) in [7, 11) is 4.29. The molecule has 0 radical (unpaired) electrons. The van der Waals surface area contributed by atoms with Crippen molar-refractivity contribution in [2.75, 3.05) is 21.3 Å². The molecule has 1 heterocycles. The van der Waals surface area contributed by atoms with Gasteiger partial charge in [-0.1, -0.05) is 11.6 Å². The summed E-state index contributed by atoms with van der Waals surface area (Å²) < 4.78 is 20.5. The fourth-order valence-corrected chi connectivity index (χ4v) is 2.68. The molecule has 1 N–H and O–H groups in total. The van der Waals surface area contributed by atoms with Crippen LogP contribution in [0.15, 0.2) is 28.7 Å². The van der Waals surface area contributed by atoms with E-state index in [1.807, 2.05) is 0 Å². The Labute approximate surface area is 161 Å².